The van der Waals surface area contributed by atoms with Gasteiger partial charge in [-0.1, -0.05) is 0 Å². The maximum absolute atomic E-state index is 12.1. The van der Waals surface area contributed by atoms with Crippen LogP contribution in [-0.4, -0.2) is 35.7 Å². The van der Waals surface area contributed by atoms with E-state index in [9.17, 15) is 4.79 Å². The van der Waals surface area contributed by atoms with Crippen molar-refractivity contribution in [3.63, 3.8) is 0 Å². The number of hydrogen-bond donors (Lipinski definition) is 0. The molecular formula is C14H19NO3S2. The molecule has 0 spiro atoms. The zero-order valence-corrected chi connectivity index (χ0v) is 13.2. The summed E-state index contributed by atoms with van der Waals surface area (Å²) in [4.78, 5) is 18.0. The number of thioether (sulfide) groups is 1. The van der Waals surface area contributed by atoms with E-state index in [2.05, 4.69) is 0 Å². The lowest BCUT2D eigenvalue weighted by atomic mass is 9.91. The van der Waals surface area contributed by atoms with E-state index >= 15 is 0 Å². The fourth-order valence-electron chi connectivity index (χ4n) is 2.68. The van der Waals surface area contributed by atoms with Gasteiger partial charge < -0.3 is 9.47 Å². The number of fused-ring (bicyclic) bond motifs is 1. The number of aryl methyl sites for hydroxylation is 1. The summed E-state index contributed by atoms with van der Waals surface area (Å²) in [6.45, 7) is 3.08. The highest BCUT2D eigenvalue weighted by atomic mass is 32.2. The molecule has 0 bridgehead atoms. The van der Waals surface area contributed by atoms with Crippen LogP contribution in [0.25, 0.3) is 0 Å². The fourth-order valence-corrected chi connectivity index (χ4v) is 4.85. The minimum Gasteiger partial charge on any atom is -0.465 e. The van der Waals surface area contributed by atoms with Crippen LogP contribution in [0.4, 0.5) is 0 Å². The number of hydrogen-bond acceptors (Lipinski definition) is 6. The Morgan fingerprint density at radius 3 is 3.20 bits per heavy atom. The molecule has 0 radical (unpaired) electrons. The van der Waals surface area contributed by atoms with Crippen LogP contribution in [0.5, 0.6) is 0 Å². The van der Waals surface area contributed by atoms with Gasteiger partial charge in [-0.25, -0.2) is 4.98 Å². The third-order valence-corrected chi connectivity index (χ3v) is 5.85. The van der Waals surface area contributed by atoms with Gasteiger partial charge in [0, 0.05) is 16.4 Å². The summed E-state index contributed by atoms with van der Waals surface area (Å²) in [6.07, 6.45) is 3.03. The van der Waals surface area contributed by atoms with Gasteiger partial charge >= 0.3 is 5.97 Å². The van der Waals surface area contributed by atoms with Crippen LogP contribution < -0.4 is 0 Å². The Balaban J connectivity index is 1.82. The second-order valence-corrected chi connectivity index (χ2v) is 7.26. The van der Waals surface area contributed by atoms with Gasteiger partial charge in [-0.15, -0.1) is 11.3 Å². The minimum absolute atomic E-state index is 0.104. The summed E-state index contributed by atoms with van der Waals surface area (Å²) in [7, 11) is 0. The first kappa shape index (κ1) is 14.4. The highest BCUT2D eigenvalue weighted by Gasteiger charge is 2.33. The topological polar surface area (TPSA) is 48.4 Å². The van der Waals surface area contributed by atoms with E-state index in [0.29, 0.717) is 6.61 Å². The molecule has 1 aliphatic heterocycles. The maximum Gasteiger partial charge on any atom is 0.315 e. The van der Waals surface area contributed by atoms with Crippen molar-refractivity contribution in [1.82, 2.24) is 4.98 Å². The van der Waals surface area contributed by atoms with E-state index in [4.69, 9.17) is 14.5 Å². The van der Waals surface area contributed by atoms with Crippen molar-refractivity contribution < 1.29 is 14.3 Å². The second kappa shape index (κ2) is 6.45. The highest BCUT2D eigenvalue weighted by Crippen LogP contribution is 2.39. The lowest BCUT2D eigenvalue weighted by Gasteiger charge is -2.20. The first-order valence-corrected chi connectivity index (χ1v) is 9.12. The van der Waals surface area contributed by atoms with Crippen LogP contribution in [0.1, 0.15) is 47.4 Å². The monoisotopic (exact) mass is 313 g/mol. The third kappa shape index (κ3) is 2.87. The molecule has 2 atom stereocenters. The lowest BCUT2D eigenvalue weighted by molar-refractivity contribution is -0.145. The number of ether oxygens (including phenoxy) is 2. The molecule has 1 aromatic heterocycles. The molecule has 4 nitrogen and oxygen atoms in total. The van der Waals surface area contributed by atoms with Crippen molar-refractivity contribution in [3.8, 4) is 0 Å². The average Bonchev–Trinajstić information content (AvgIpc) is 2.92. The highest BCUT2D eigenvalue weighted by molar-refractivity contribution is 7.99. The van der Waals surface area contributed by atoms with Crippen molar-refractivity contribution in [2.24, 2.45) is 0 Å². The summed E-state index contributed by atoms with van der Waals surface area (Å²) < 4.78 is 11.0. The fraction of sp³-hybridized carbons (Fsp3) is 0.714. The molecule has 2 heterocycles. The number of thiazole rings is 1. The molecule has 3 rings (SSSR count). The number of carbonyl (C=O) groups excluding carboxylic acids is 1. The SMILES string of the molecule is CCOC(=O)C1CCCc2sc(C3CSCCO3)nc21. The molecule has 0 N–H and O–H groups in total. The lowest BCUT2D eigenvalue weighted by Crippen LogP contribution is -2.21. The number of esters is 1. The van der Waals surface area contributed by atoms with E-state index in [1.807, 2.05) is 18.7 Å². The Morgan fingerprint density at radius 1 is 1.55 bits per heavy atom. The first-order chi connectivity index (χ1) is 9.79. The molecular weight excluding hydrogens is 294 g/mol. The van der Waals surface area contributed by atoms with E-state index < -0.39 is 0 Å². The number of rotatable bonds is 3. The summed E-state index contributed by atoms with van der Waals surface area (Å²) in [5.74, 6) is 1.74. The third-order valence-electron chi connectivity index (χ3n) is 3.63. The summed E-state index contributed by atoms with van der Waals surface area (Å²) in [5, 5.41) is 1.04. The van der Waals surface area contributed by atoms with Crippen molar-refractivity contribution in [2.75, 3.05) is 24.7 Å². The molecule has 1 fully saturated rings. The zero-order chi connectivity index (χ0) is 13.9. The molecule has 0 amide bonds. The molecule has 0 saturated carbocycles. The van der Waals surface area contributed by atoms with Crippen molar-refractivity contribution in [1.29, 1.82) is 0 Å². The van der Waals surface area contributed by atoms with E-state index in [1.54, 1.807) is 11.3 Å². The molecule has 1 aliphatic carbocycles. The van der Waals surface area contributed by atoms with E-state index in [1.165, 1.54) is 4.88 Å². The van der Waals surface area contributed by atoms with Crippen LogP contribution >= 0.6 is 23.1 Å². The molecule has 0 aromatic carbocycles. The van der Waals surface area contributed by atoms with Crippen LogP contribution in [0.15, 0.2) is 0 Å². The van der Waals surface area contributed by atoms with Gasteiger partial charge in [-0.05, 0) is 26.2 Å². The van der Waals surface area contributed by atoms with Crippen molar-refractivity contribution >= 4 is 29.1 Å². The predicted molar refractivity (Wildman–Crippen MR) is 80.4 cm³/mol. The molecule has 1 saturated heterocycles. The van der Waals surface area contributed by atoms with Gasteiger partial charge in [-0.2, -0.15) is 11.8 Å². The van der Waals surface area contributed by atoms with Gasteiger partial charge in [0.25, 0.3) is 0 Å². The summed E-state index contributed by atoms with van der Waals surface area (Å²) in [5.41, 5.74) is 0.953. The van der Waals surface area contributed by atoms with Crippen LogP contribution in [0.2, 0.25) is 0 Å². The largest absolute Gasteiger partial charge is 0.465 e. The standard InChI is InChI=1S/C14H19NO3S2/c1-2-17-14(16)9-4-3-5-11-12(9)15-13(20-11)10-8-19-7-6-18-10/h9-10H,2-8H2,1H3. The smallest absolute Gasteiger partial charge is 0.315 e. The number of aromatic nitrogens is 1. The van der Waals surface area contributed by atoms with Gasteiger partial charge in [0.2, 0.25) is 0 Å². The normalized spacial score (nSPS) is 26.1. The molecule has 2 unspecified atom stereocenters. The minimum atomic E-state index is -0.167. The quantitative estimate of drug-likeness (QED) is 0.803. The molecule has 6 heteroatoms. The molecule has 110 valence electrons. The van der Waals surface area contributed by atoms with Gasteiger partial charge in [-0.3, -0.25) is 4.79 Å². The van der Waals surface area contributed by atoms with Crippen LogP contribution in [0, 0.1) is 0 Å². The zero-order valence-electron chi connectivity index (χ0n) is 11.6. The van der Waals surface area contributed by atoms with Crippen molar-refractivity contribution in [2.45, 2.75) is 38.2 Å². The Labute approximate surface area is 127 Å². The molecule has 20 heavy (non-hydrogen) atoms. The Morgan fingerprint density at radius 2 is 2.45 bits per heavy atom. The van der Waals surface area contributed by atoms with Crippen LogP contribution in [0.3, 0.4) is 0 Å². The van der Waals surface area contributed by atoms with Gasteiger partial charge in [0.15, 0.2) is 0 Å². The van der Waals surface area contributed by atoms with Crippen molar-refractivity contribution in [3.05, 3.63) is 15.6 Å². The Hall–Kier alpha value is -0.590. The van der Waals surface area contributed by atoms with Gasteiger partial charge in [0.1, 0.15) is 17.0 Å². The molecule has 1 aromatic rings. The first-order valence-electron chi connectivity index (χ1n) is 7.15. The number of carbonyl (C=O) groups is 1. The number of nitrogens with zero attached hydrogens (tertiary/aromatic N) is 1. The van der Waals surface area contributed by atoms with E-state index in [0.717, 1.165) is 48.1 Å². The maximum atomic E-state index is 12.1. The predicted octanol–water partition coefficient (Wildman–Crippen LogP) is 2.93. The molecule has 2 aliphatic rings. The average molecular weight is 313 g/mol. The van der Waals surface area contributed by atoms with E-state index in [-0.39, 0.29) is 18.0 Å². The second-order valence-electron chi connectivity index (χ2n) is 4.99. The Bertz CT molecular complexity index is 483. The van der Waals surface area contributed by atoms with Gasteiger partial charge in [0.05, 0.1) is 18.9 Å². The van der Waals surface area contributed by atoms with Crippen LogP contribution in [-0.2, 0) is 20.7 Å². The summed E-state index contributed by atoms with van der Waals surface area (Å²) >= 11 is 3.63. The Kier molecular flexibility index (Phi) is 4.63. The summed E-state index contributed by atoms with van der Waals surface area (Å²) in [6, 6.07) is 0.